The maximum absolute atomic E-state index is 6.65. The van der Waals surface area contributed by atoms with Crippen LogP contribution in [0.3, 0.4) is 0 Å². The van der Waals surface area contributed by atoms with Gasteiger partial charge >= 0.3 is 70.4 Å². The normalized spacial score (nSPS) is 53.0. The highest BCUT2D eigenvalue weighted by Crippen LogP contribution is 2.49. The van der Waals surface area contributed by atoms with Crippen molar-refractivity contribution in [3.05, 3.63) is 85.9 Å². The number of hydrogen-bond donors (Lipinski definition) is 0. The second-order valence-corrected chi connectivity index (χ2v) is 31.1. The third kappa shape index (κ3) is 3.86. The fraction of sp³-hybridized carbons (Fsp3) is 0.125. The highest BCUT2D eigenvalue weighted by Gasteiger charge is 2.81. The van der Waals surface area contributed by atoms with Crippen molar-refractivity contribution in [1.29, 1.82) is 0 Å². The van der Waals surface area contributed by atoms with Crippen molar-refractivity contribution >= 4 is 70.4 Å². The van der Waals surface area contributed by atoms with Crippen LogP contribution in [-0.2, 0) is 49.4 Å². The Kier molecular flexibility index (Phi) is 6.35. The molecule has 0 unspecified atom stereocenters. The van der Waals surface area contributed by atoms with Gasteiger partial charge in [0.1, 0.15) is 0 Å². The van der Waals surface area contributed by atoms with Crippen molar-refractivity contribution in [3.63, 3.8) is 0 Å². The molecule has 6 aliphatic rings. The van der Waals surface area contributed by atoms with Crippen LogP contribution in [0.2, 0.25) is 6.04 Å². The predicted octanol–water partition coefficient (Wildman–Crippen LogP) is 1.86. The Labute approximate surface area is 218 Å². The number of hydrogen-bond acceptors (Lipinski definition) is 12. The van der Waals surface area contributed by atoms with E-state index in [0.29, 0.717) is 0 Å². The van der Waals surface area contributed by atoms with E-state index in [1.165, 1.54) is 39.9 Å². The van der Waals surface area contributed by atoms with Crippen molar-refractivity contribution in [2.45, 2.75) is 13.0 Å². The summed E-state index contributed by atoms with van der Waals surface area (Å²) in [4.78, 5) is 0. The molecule has 0 aromatic rings. The average molecular weight is 635 g/mol. The van der Waals surface area contributed by atoms with Crippen LogP contribution < -0.4 is 0 Å². The van der Waals surface area contributed by atoms with Crippen molar-refractivity contribution in [1.82, 2.24) is 0 Å². The lowest BCUT2D eigenvalue weighted by Gasteiger charge is -2.60. The zero-order valence-electron chi connectivity index (χ0n) is 19.6. The SMILES string of the molecule is C=C[Si]12O[Si]3(C=C)O[Si]4(C=C)O[Si](C=C)(O1)O[Si]1(C=C)O[Si](C=C)(O2)O[Si](C=C)(O3)O[Si](CC)(O4)O1. The molecule has 0 aromatic heterocycles. The van der Waals surface area contributed by atoms with E-state index in [-0.39, 0.29) is 6.04 Å². The Morgan fingerprint density at radius 2 is 0.528 bits per heavy atom. The summed E-state index contributed by atoms with van der Waals surface area (Å²) in [7, 11) is -32.2. The lowest BCUT2D eigenvalue weighted by molar-refractivity contribution is -0.00882. The highest BCUT2D eigenvalue weighted by molar-refractivity contribution is 7.07. The molecule has 6 rings (SSSR count). The van der Waals surface area contributed by atoms with Gasteiger partial charge in [-0.25, -0.2) is 0 Å². The maximum Gasteiger partial charge on any atom is 0.507 e. The van der Waals surface area contributed by atoms with Gasteiger partial charge in [0, 0.05) is 6.04 Å². The van der Waals surface area contributed by atoms with E-state index in [9.17, 15) is 0 Å². The lowest BCUT2D eigenvalue weighted by atomic mass is 11.0. The van der Waals surface area contributed by atoms with Crippen LogP contribution in [0, 0.1) is 0 Å². The van der Waals surface area contributed by atoms with E-state index in [1.54, 1.807) is 0 Å². The van der Waals surface area contributed by atoms with Gasteiger partial charge in [0.25, 0.3) is 0 Å². The fourth-order valence-electron chi connectivity index (χ4n) is 4.03. The minimum absolute atomic E-state index is 0.231. The summed E-state index contributed by atoms with van der Waals surface area (Å²) < 4.78 is 79.1. The second kappa shape index (κ2) is 8.47. The topological polar surface area (TPSA) is 111 Å². The van der Waals surface area contributed by atoms with Crippen molar-refractivity contribution in [2.24, 2.45) is 0 Å². The van der Waals surface area contributed by atoms with E-state index in [1.807, 2.05) is 6.92 Å². The summed E-state index contributed by atoms with van der Waals surface area (Å²) in [6.45, 7) is 29.2. The predicted molar refractivity (Wildman–Crippen MR) is 141 cm³/mol. The molecule has 8 bridgehead atoms. The van der Waals surface area contributed by atoms with Crippen LogP contribution in [0.5, 0.6) is 0 Å². The van der Waals surface area contributed by atoms with E-state index in [4.69, 9.17) is 49.4 Å². The maximum atomic E-state index is 6.65. The molecule has 6 fully saturated rings. The Hall–Kier alpha value is -0.565. The van der Waals surface area contributed by atoms with Crippen LogP contribution in [0.15, 0.2) is 85.9 Å². The Bertz CT molecular complexity index is 930. The van der Waals surface area contributed by atoms with Gasteiger partial charge in [-0.3, -0.25) is 0 Å². The standard InChI is InChI=1S/C16H26O12Si8/c1-9-29-17-30(10-2)20-33(13-5)22-31(11-3,18-29)24-35(15-7)25-32(12-4,19-29)23-34(14-6,21-30)27-36(16-8,26-33)28-35/h9-15H,1-7,16H2,8H3. The van der Waals surface area contributed by atoms with Crippen LogP contribution in [0.25, 0.3) is 0 Å². The molecular weight excluding hydrogens is 609 g/mol. The monoisotopic (exact) mass is 634 g/mol. The van der Waals surface area contributed by atoms with Crippen LogP contribution in [-0.4, -0.2) is 70.4 Å². The Morgan fingerprint density at radius 1 is 0.361 bits per heavy atom. The zero-order chi connectivity index (χ0) is 26.1. The quantitative estimate of drug-likeness (QED) is 0.364. The second-order valence-electron chi connectivity index (χ2n) is 7.92. The summed E-state index contributed by atoms with van der Waals surface area (Å²) in [6.07, 6.45) is 0. The third-order valence-electron chi connectivity index (χ3n) is 5.64. The molecule has 194 valence electrons. The van der Waals surface area contributed by atoms with Crippen LogP contribution >= 0.6 is 0 Å². The first-order valence-corrected chi connectivity index (χ1v) is 25.4. The molecule has 36 heavy (non-hydrogen) atoms. The van der Waals surface area contributed by atoms with Gasteiger partial charge in [0.05, 0.1) is 0 Å². The number of rotatable bonds is 8. The van der Waals surface area contributed by atoms with Gasteiger partial charge in [0.15, 0.2) is 0 Å². The van der Waals surface area contributed by atoms with E-state index < -0.39 is 70.4 Å². The van der Waals surface area contributed by atoms with E-state index >= 15 is 0 Å². The molecular formula is C16H26O12Si8. The smallest absolute Gasteiger partial charge is 0.370 e. The fourth-order valence-corrected chi connectivity index (χ4v) is 45.2. The summed E-state index contributed by atoms with van der Waals surface area (Å²) in [5.41, 5.74) is 9.75. The largest absolute Gasteiger partial charge is 0.507 e. The minimum Gasteiger partial charge on any atom is -0.370 e. The molecule has 6 heterocycles. The van der Waals surface area contributed by atoms with E-state index in [2.05, 4.69) is 46.1 Å². The van der Waals surface area contributed by atoms with Gasteiger partial charge in [-0.2, -0.15) is 0 Å². The molecule has 0 aliphatic carbocycles. The lowest BCUT2D eigenvalue weighted by Crippen LogP contribution is -2.87. The van der Waals surface area contributed by atoms with Crippen molar-refractivity contribution in [3.8, 4) is 0 Å². The Balaban J connectivity index is 1.92. The summed E-state index contributed by atoms with van der Waals surface area (Å²) in [6, 6.07) is 0.231. The average Bonchev–Trinajstić information content (AvgIpc) is 2.82. The molecule has 0 N–H and O–H groups in total. The molecule has 20 heteroatoms. The molecule has 0 saturated carbocycles. The molecule has 6 aliphatic heterocycles. The first kappa shape index (κ1) is 27.0. The van der Waals surface area contributed by atoms with Crippen LogP contribution in [0.1, 0.15) is 6.92 Å². The first-order valence-electron chi connectivity index (χ1n) is 10.8. The summed E-state index contributed by atoms with van der Waals surface area (Å²) >= 11 is 0. The van der Waals surface area contributed by atoms with Gasteiger partial charge in [-0.05, 0) is 39.9 Å². The highest BCUT2D eigenvalue weighted by atomic mass is 28.6. The first-order chi connectivity index (χ1) is 17.0. The molecule has 0 radical (unpaired) electrons. The van der Waals surface area contributed by atoms with Gasteiger partial charge in [-0.1, -0.05) is 6.92 Å². The van der Waals surface area contributed by atoms with Crippen molar-refractivity contribution < 1.29 is 49.4 Å². The molecule has 0 spiro atoms. The van der Waals surface area contributed by atoms with Gasteiger partial charge < -0.3 is 49.4 Å². The molecule has 6 saturated heterocycles. The minimum atomic E-state index is -4.08. The molecule has 0 amide bonds. The summed E-state index contributed by atoms with van der Waals surface area (Å²) in [5, 5.41) is 0. The van der Waals surface area contributed by atoms with Gasteiger partial charge in [0.2, 0.25) is 0 Å². The molecule has 12 nitrogen and oxygen atoms in total. The third-order valence-corrected chi connectivity index (χ3v) is 37.6. The van der Waals surface area contributed by atoms with Crippen molar-refractivity contribution in [2.75, 3.05) is 0 Å². The molecule has 0 atom stereocenters. The van der Waals surface area contributed by atoms with E-state index in [0.717, 1.165) is 0 Å². The Morgan fingerprint density at radius 3 is 0.667 bits per heavy atom. The summed E-state index contributed by atoms with van der Waals surface area (Å²) in [5.74, 6) is 0. The molecule has 0 aromatic carbocycles. The van der Waals surface area contributed by atoms with Gasteiger partial charge in [-0.15, -0.1) is 46.1 Å². The zero-order valence-corrected chi connectivity index (χ0v) is 27.6. The van der Waals surface area contributed by atoms with Crippen LogP contribution in [0.4, 0.5) is 0 Å².